The summed E-state index contributed by atoms with van der Waals surface area (Å²) in [7, 11) is 0. The van der Waals surface area contributed by atoms with E-state index in [1.807, 2.05) is 16.0 Å². The second kappa shape index (κ2) is 3.95. The average Bonchev–Trinajstić information content (AvgIpc) is 2.93. The minimum atomic E-state index is -0.749. The molecule has 3 N–H and O–H groups in total. The minimum Gasteiger partial charge on any atom is -0.390 e. The highest BCUT2D eigenvalue weighted by atomic mass is 32.1. The highest BCUT2D eigenvalue weighted by molar-refractivity contribution is 7.15. The van der Waals surface area contributed by atoms with Crippen LogP contribution in [0.1, 0.15) is 5.69 Å². The van der Waals surface area contributed by atoms with Gasteiger partial charge in [-0.05, 0) is 0 Å². The Kier molecular flexibility index (Phi) is 2.55. The van der Waals surface area contributed by atoms with Crippen LogP contribution in [-0.4, -0.2) is 50.0 Å². The third kappa shape index (κ3) is 1.62. The summed E-state index contributed by atoms with van der Waals surface area (Å²) in [6, 6.07) is 0. The Hall–Kier alpha value is -1.15. The van der Waals surface area contributed by atoms with Gasteiger partial charge in [-0.2, -0.15) is 0 Å². The van der Waals surface area contributed by atoms with Gasteiger partial charge in [0.25, 0.3) is 0 Å². The summed E-state index contributed by atoms with van der Waals surface area (Å²) in [5.41, 5.74) is 0.697. The van der Waals surface area contributed by atoms with Crippen molar-refractivity contribution in [2.45, 2.75) is 18.8 Å². The normalized spacial score (nSPS) is 25.0. The predicted octanol–water partition coefficient (Wildman–Crippen LogP) is -0.570. The van der Waals surface area contributed by atoms with Crippen molar-refractivity contribution in [3.63, 3.8) is 0 Å². The van der Waals surface area contributed by atoms with Crippen molar-refractivity contribution >= 4 is 22.1 Å². The zero-order valence-corrected chi connectivity index (χ0v) is 9.84. The molecule has 3 heterocycles. The Morgan fingerprint density at radius 3 is 2.71 bits per heavy atom. The van der Waals surface area contributed by atoms with Gasteiger partial charge in [0, 0.05) is 24.7 Å². The summed E-state index contributed by atoms with van der Waals surface area (Å²) in [6.07, 6.45) is 0.355. The van der Waals surface area contributed by atoms with Crippen LogP contribution < -0.4 is 4.90 Å². The molecule has 0 saturated carbocycles. The molecule has 2 atom stereocenters. The van der Waals surface area contributed by atoms with Gasteiger partial charge in [0.05, 0.1) is 24.5 Å². The predicted molar refractivity (Wildman–Crippen MR) is 63.2 cm³/mol. The summed E-state index contributed by atoms with van der Waals surface area (Å²) in [4.78, 5) is 7.03. The number of anilines is 1. The lowest BCUT2D eigenvalue weighted by Crippen LogP contribution is -2.22. The first-order chi connectivity index (χ1) is 8.20. The summed E-state index contributed by atoms with van der Waals surface area (Å²) < 4.78 is 1.83. The van der Waals surface area contributed by atoms with Crippen LogP contribution >= 0.6 is 11.3 Å². The maximum Gasteiger partial charge on any atom is 0.195 e. The third-order valence-corrected chi connectivity index (χ3v) is 3.80. The summed E-state index contributed by atoms with van der Waals surface area (Å²) in [5.74, 6) is 0.648. The molecule has 92 valence electrons. The van der Waals surface area contributed by atoms with Crippen molar-refractivity contribution in [1.82, 2.24) is 9.38 Å². The molecule has 1 aliphatic rings. The fraction of sp³-hybridized carbons (Fsp3) is 0.500. The second-order valence-corrected chi connectivity index (χ2v) is 5.01. The molecule has 0 spiro atoms. The van der Waals surface area contributed by atoms with E-state index >= 15 is 0 Å². The summed E-state index contributed by atoms with van der Waals surface area (Å²) in [6.45, 7) is 0.577. The highest BCUT2D eigenvalue weighted by Gasteiger charge is 2.32. The van der Waals surface area contributed by atoms with Crippen molar-refractivity contribution in [1.29, 1.82) is 0 Å². The van der Waals surface area contributed by atoms with Crippen LogP contribution in [0.25, 0.3) is 4.96 Å². The van der Waals surface area contributed by atoms with E-state index in [1.54, 1.807) is 4.90 Å². The molecular formula is C10H13N3O3S. The Bertz CT molecular complexity index is 528. The first-order valence-corrected chi connectivity index (χ1v) is 6.25. The fourth-order valence-electron chi connectivity index (χ4n) is 2.16. The van der Waals surface area contributed by atoms with Gasteiger partial charge >= 0.3 is 0 Å². The van der Waals surface area contributed by atoms with Gasteiger partial charge in [-0.15, -0.1) is 11.3 Å². The Labute approximate surface area is 101 Å². The van der Waals surface area contributed by atoms with E-state index in [-0.39, 0.29) is 6.61 Å². The van der Waals surface area contributed by atoms with Crippen molar-refractivity contribution in [2.24, 2.45) is 0 Å². The van der Waals surface area contributed by atoms with Gasteiger partial charge < -0.3 is 20.2 Å². The van der Waals surface area contributed by atoms with Gasteiger partial charge in [-0.1, -0.05) is 0 Å². The van der Waals surface area contributed by atoms with Gasteiger partial charge in [0.1, 0.15) is 0 Å². The van der Waals surface area contributed by atoms with Gasteiger partial charge in [-0.3, -0.25) is 4.40 Å². The summed E-state index contributed by atoms with van der Waals surface area (Å²) >= 11 is 1.49. The first kappa shape index (κ1) is 11.0. The topological polar surface area (TPSA) is 81.2 Å². The molecule has 0 bridgehead atoms. The largest absolute Gasteiger partial charge is 0.390 e. The third-order valence-electron chi connectivity index (χ3n) is 3.05. The molecule has 0 aromatic carbocycles. The number of thiazole rings is 1. The minimum absolute atomic E-state index is 0.115. The smallest absolute Gasteiger partial charge is 0.195 e. The average molecular weight is 255 g/mol. The molecule has 0 amide bonds. The lowest BCUT2D eigenvalue weighted by atomic mass is 10.3. The fourth-order valence-corrected chi connectivity index (χ4v) is 2.89. The molecule has 0 aliphatic carbocycles. The van der Waals surface area contributed by atoms with Crippen LogP contribution in [0, 0.1) is 0 Å². The van der Waals surface area contributed by atoms with E-state index < -0.39 is 12.2 Å². The number of aromatic nitrogens is 2. The van der Waals surface area contributed by atoms with E-state index in [9.17, 15) is 15.3 Å². The lowest BCUT2D eigenvalue weighted by molar-refractivity contribution is 0.0572. The molecular weight excluding hydrogens is 242 g/mol. The number of rotatable bonds is 2. The molecule has 0 radical (unpaired) electrons. The van der Waals surface area contributed by atoms with E-state index in [0.717, 1.165) is 4.96 Å². The van der Waals surface area contributed by atoms with Crippen LogP contribution in [0.2, 0.25) is 0 Å². The van der Waals surface area contributed by atoms with Crippen molar-refractivity contribution in [2.75, 3.05) is 18.0 Å². The molecule has 1 fully saturated rings. The highest BCUT2D eigenvalue weighted by Crippen LogP contribution is 2.27. The van der Waals surface area contributed by atoms with Crippen molar-refractivity contribution in [3.05, 3.63) is 17.3 Å². The van der Waals surface area contributed by atoms with Crippen LogP contribution in [0.3, 0.4) is 0 Å². The zero-order valence-electron chi connectivity index (χ0n) is 9.02. The standard InChI is InChI=1S/C10H13N3O3S/c14-5-6-9(11-10-13(6)1-2-17-10)12-3-7(15)8(16)4-12/h1-2,7-8,14-16H,3-5H2. The zero-order chi connectivity index (χ0) is 12.0. The van der Waals surface area contributed by atoms with Crippen LogP contribution in [-0.2, 0) is 6.61 Å². The van der Waals surface area contributed by atoms with Gasteiger partial charge in [-0.25, -0.2) is 4.98 Å². The second-order valence-electron chi connectivity index (χ2n) is 4.14. The van der Waals surface area contributed by atoms with Crippen molar-refractivity contribution < 1.29 is 15.3 Å². The number of aliphatic hydroxyl groups is 3. The van der Waals surface area contributed by atoms with Crippen LogP contribution in [0.5, 0.6) is 0 Å². The monoisotopic (exact) mass is 255 g/mol. The Balaban J connectivity index is 2.02. The molecule has 1 aliphatic heterocycles. The Morgan fingerprint density at radius 1 is 1.35 bits per heavy atom. The lowest BCUT2D eigenvalue weighted by Gasteiger charge is -2.15. The first-order valence-electron chi connectivity index (χ1n) is 5.37. The molecule has 2 aromatic heterocycles. The SMILES string of the molecule is OCc1c(N2CC(O)C(O)C2)nc2sccn12. The van der Waals surface area contributed by atoms with Gasteiger partial charge in [0.2, 0.25) is 0 Å². The maximum absolute atomic E-state index is 9.53. The van der Waals surface area contributed by atoms with Gasteiger partial charge in [0.15, 0.2) is 10.8 Å². The molecule has 2 aromatic rings. The molecule has 6 nitrogen and oxygen atoms in total. The van der Waals surface area contributed by atoms with E-state index in [0.29, 0.717) is 24.6 Å². The van der Waals surface area contributed by atoms with E-state index in [4.69, 9.17) is 0 Å². The molecule has 17 heavy (non-hydrogen) atoms. The van der Waals surface area contributed by atoms with Crippen molar-refractivity contribution in [3.8, 4) is 0 Å². The molecule has 2 unspecified atom stereocenters. The number of aliphatic hydroxyl groups excluding tert-OH is 3. The molecule has 1 saturated heterocycles. The van der Waals surface area contributed by atoms with E-state index in [2.05, 4.69) is 4.98 Å². The number of β-amino-alcohol motifs (C(OH)–C–C–N with tert-alkyl or cyclic N) is 2. The summed E-state index contributed by atoms with van der Waals surface area (Å²) in [5, 5.41) is 30.4. The Morgan fingerprint density at radius 2 is 2.06 bits per heavy atom. The number of fused-ring (bicyclic) bond motifs is 1. The molecule has 7 heteroatoms. The van der Waals surface area contributed by atoms with Crippen LogP contribution in [0.4, 0.5) is 5.82 Å². The quantitative estimate of drug-likeness (QED) is 0.669. The maximum atomic E-state index is 9.53. The number of hydrogen-bond donors (Lipinski definition) is 3. The van der Waals surface area contributed by atoms with Crippen LogP contribution in [0.15, 0.2) is 11.6 Å². The molecule has 3 rings (SSSR count). The number of nitrogens with zero attached hydrogens (tertiary/aromatic N) is 3. The number of hydrogen-bond acceptors (Lipinski definition) is 6. The number of imidazole rings is 1. The van der Waals surface area contributed by atoms with E-state index in [1.165, 1.54) is 11.3 Å².